The van der Waals surface area contributed by atoms with Gasteiger partial charge in [0.25, 0.3) is 0 Å². The number of rotatable bonds is 4. The van der Waals surface area contributed by atoms with Gasteiger partial charge in [-0.25, -0.2) is 0 Å². The lowest BCUT2D eigenvalue weighted by atomic mass is 9.95. The molecule has 1 atom stereocenters. The summed E-state index contributed by atoms with van der Waals surface area (Å²) >= 11 is 0. The summed E-state index contributed by atoms with van der Waals surface area (Å²) in [7, 11) is 0. The van der Waals surface area contributed by atoms with Gasteiger partial charge < -0.3 is 0 Å². The highest BCUT2D eigenvalue weighted by molar-refractivity contribution is 5.13. The van der Waals surface area contributed by atoms with Crippen LogP contribution < -0.4 is 0 Å². The van der Waals surface area contributed by atoms with Crippen LogP contribution in [-0.4, -0.2) is 0 Å². The third kappa shape index (κ3) is 6.16. The topological polar surface area (TPSA) is 23.8 Å². The summed E-state index contributed by atoms with van der Waals surface area (Å²) in [4.78, 5) is 0. The van der Waals surface area contributed by atoms with Crippen LogP contribution in [-0.2, 0) is 0 Å². The monoisotopic (exact) mass is 177 g/mol. The SMILES string of the molecule is CCC(C=C(C)C)CC(C)=CC#N. The number of hydrogen-bond acceptors (Lipinski definition) is 1. The fraction of sp³-hybridized carbons (Fsp3) is 0.583. The van der Waals surface area contributed by atoms with Crippen LogP contribution in [0.1, 0.15) is 40.5 Å². The van der Waals surface area contributed by atoms with Gasteiger partial charge in [-0.2, -0.15) is 5.26 Å². The Morgan fingerprint density at radius 1 is 1.38 bits per heavy atom. The molecule has 0 rings (SSSR count). The number of nitrogens with zero attached hydrogens (tertiary/aromatic N) is 1. The van der Waals surface area contributed by atoms with Gasteiger partial charge >= 0.3 is 0 Å². The second-order valence-electron chi connectivity index (χ2n) is 3.74. The number of hydrogen-bond donors (Lipinski definition) is 0. The zero-order chi connectivity index (χ0) is 10.3. The first-order valence-electron chi connectivity index (χ1n) is 4.80. The first-order chi connectivity index (χ1) is 6.10. The van der Waals surface area contributed by atoms with Crippen molar-refractivity contribution in [1.29, 1.82) is 5.26 Å². The van der Waals surface area contributed by atoms with E-state index >= 15 is 0 Å². The molecule has 0 aliphatic carbocycles. The van der Waals surface area contributed by atoms with E-state index < -0.39 is 0 Å². The Balaban J connectivity index is 4.23. The molecule has 0 N–H and O–H groups in total. The first kappa shape index (κ1) is 12.0. The molecule has 1 unspecified atom stereocenters. The van der Waals surface area contributed by atoms with Crippen LogP contribution in [0.3, 0.4) is 0 Å². The summed E-state index contributed by atoms with van der Waals surface area (Å²) in [6, 6.07) is 2.07. The fourth-order valence-electron chi connectivity index (χ4n) is 1.38. The van der Waals surface area contributed by atoms with E-state index in [4.69, 9.17) is 5.26 Å². The minimum absolute atomic E-state index is 0.592. The van der Waals surface area contributed by atoms with E-state index in [1.165, 1.54) is 11.1 Å². The van der Waals surface area contributed by atoms with Crippen molar-refractivity contribution in [2.45, 2.75) is 40.5 Å². The van der Waals surface area contributed by atoms with Gasteiger partial charge in [0, 0.05) is 6.08 Å². The predicted octanol–water partition coefficient (Wildman–Crippen LogP) is 3.84. The van der Waals surface area contributed by atoms with Gasteiger partial charge in [0.2, 0.25) is 0 Å². The van der Waals surface area contributed by atoms with Crippen LogP contribution in [0, 0.1) is 17.2 Å². The molecule has 0 aromatic heterocycles. The Labute approximate surface area is 81.8 Å². The molecule has 0 spiro atoms. The highest BCUT2D eigenvalue weighted by Crippen LogP contribution is 2.17. The Bertz CT molecular complexity index is 236. The highest BCUT2D eigenvalue weighted by Gasteiger charge is 2.02. The molecule has 1 heteroatoms. The maximum absolute atomic E-state index is 8.46. The largest absolute Gasteiger partial charge is 0.193 e. The minimum Gasteiger partial charge on any atom is -0.193 e. The quantitative estimate of drug-likeness (QED) is 0.473. The molecule has 0 heterocycles. The second-order valence-corrected chi connectivity index (χ2v) is 3.74. The van der Waals surface area contributed by atoms with Gasteiger partial charge in [-0.1, -0.05) is 24.1 Å². The van der Waals surface area contributed by atoms with Crippen molar-refractivity contribution in [2.75, 3.05) is 0 Å². The van der Waals surface area contributed by atoms with Crippen LogP contribution in [0.5, 0.6) is 0 Å². The van der Waals surface area contributed by atoms with Crippen molar-refractivity contribution in [3.8, 4) is 6.07 Å². The molecule has 13 heavy (non-hydrogen) atoms. The number of allylic oxidation sites excluding steroid dienone is 4. The highest BCUT2D eigenvalue weighted by atomic mass is 14.2. The Kier molecular flexibility index (Phi) is 5.97. The fourth-order valence-corrected chi connectivity index (χ4v) is 1.38. The third-order valence-corrected chi connectivity index (χ3v) is 1.99. The molecule has 0 aromatic rings. The van der Waals surface area contributed by atoms with Crippen molar-refractivity contribution >= 4 is 0 Å². The molecule has 0 saturated carbocycles. The van der Waals surface area contributed by atoms with E-state index in [2.05, 4.69) is 32.9 Å². The lowest BCUT2D eigenvalue weighted by Gasteiger charge is -2.10. The minimum atomic E-state index is 0.592. The van der Waals surface area contributed by atoms with E-state index in [1.54, 1.807) is 6.08 Å². The van der Waals surface area contributed by atoms with Crippen molar-refractivity contribution in [3.05, 3.63) is 23.3 Å². The summed E-state index contributed by atoms with van der Waals surface area (Å²) in [5.41, 5.74) is 2.53. The van der Waals surface area contributed by atoms with Crippen molar-refractivity contribution < 1.29 is 0 Å². The maximum Gasteiger partial charge on any atom is 0.0911 e. The summed E-state index contributed by atoms with van der Waals surface area (Å²) in [5, 5.41) is 8.46. The number of nitriles is 1. The van der Waals surface area contributed by atoms with E-state index in [0.29, 0.717) is 5.92 Å². The Morgan fingerprint density at radius 3 is 2.38 bits per heavy atom. The zero-order valence-electron chi connectivity index (χ0n) is 9.09. The van der Waals surface area contributed by atoms with Crippen LogP contribution in [0.25, 0.3) is 0 Å². The van der Waals surface area contributed by atoms with Gasteiger partial charge in [-0.3, -0.25) is 0 Å². The molecular weight excluding hydrogens is 158 g/mol. The van der Waals surface area contributed by atoms with Crippen LogP contribution in [0.15, 0.2) is 23.3 Å². The zero-order valence-corrected chi connectivity index (χ0v) is 9.09. The summed E-state index contributed by atoms with van der Waals surface area (Å²) in [5.74, 6) is 0.592. The molecular formula is C12H19N. The smallest absolute Gasteiger partial charge is 0.0911 e. The predicted molar refractivity (Wildman–Crippen MR) is 57.2 cm³/mol. The Hall–Kier alpha value is -1.03. The molecule has 0 bridgehead atoms. The summed E-state index contributed by atoms with van der Waals surface area (Å²) < 4.78 is 0. The van der Waals surface area contributed by atoms with Crippen molar-refractivity contribution in [1.82, 2.24) is 0 Å². The van der Waals surface area contributed by atoms with E-state index in [1.807, 2.05) is 6.92 Å². The van der Waals surface area contributed by atoms with Crippen molar-refractivity contribution in [2.24, 2.45) is 5.92 Å². The molecule has 72 valence electrons. The summed E-state index contributed by atoms with van der Waals surface area (Å²) in [6.07, 6.45) is 6.08. The molecule has 1 nitrogen and oxygen atoms in total. The van der Waals surface area contributed by atoms with E-state index in [9.17, 15) is 0 Å². The van der Waals surface area contributed by atoms with Gasteiger partial charge in [-0.15, -0.1) is 0 Å². The van der Waals surface area contributed by atoms with Gasteiger partial charge in [0.05, 0.1) is 6.07 Å². The molecule has 0 saturated heterocycles. The van der Waals surface area contributed by atoms with E-state index in [-0.39, 0.29) is 0 Å². The molecule has 0 aliphatic heterocycles. The molecule has 0 radical (unpaired) electrons. The average molecular weight is 177 g/mol. The van der Waals surface area contributed by atoms with Gasteiger partial charge in [0.1, 0.15) is 0 Å². The van der Waals surface area contributed by atoms with Gasteiger partial charge in [-0.05, 0) is 39.5 Å². The lowest BCUT2D eigenvalue weighted by molar-refractivity contribution is 0.616. The first-order valence-corrected chi connectivity index (χ1v) is 4.80. The average Bonchev–Trinajstić information content (AvgIpc) is 2.02. The van der Waals surface area contributed by atoms with Crippen LogP contribution in [0.4, 0.5) is 0 Å². The van der Waals surface area contributed by atoms with Crippen LogP contribution >= 0.6 is 0 Å². The molecule has 0 aromatic carbocycles. The van der Waals surface area contributed by atoms with Gasteiger partial charge in [0.15, 0.2) is 0 Å². The summed E-state index contributed by atoms with van der Waals surface area (Å²) in [6.45, 7) is 8.44. The Morgan fingerprint density at radius 2 is 2.00 bits per heavy atom. The molecule has 0 aliphatic rings. The van der Waals surface area contributed by atoms with Crippen molar-refractivity contribution in [3.63, 3.8) is 0 Å². The third-order valence-electron chi connectivity index (χ3n) is 1.99. The lowest BCUT2D eigenvalue weighted by Crippen LogP contribution is -1.96. The second kappa shape index (κ2) is 6.48. The molecule has 0 amide bonds. The maximum atomic E-state index is 8.46. The molecule has 0 fully saturated rings. The van der Waals surface area contributed by atoms with Crippen LogP contribution in [0.2, 0.25) is 0 Å². The van der Waals surface area contributed by atoms with E-state index in [0.717, 1.165) is 12.8 Å². The normalized spacial score (nSPS) is 13.3. The standard InChI is InChI=1S/C12H19N/c1-5-12(8-10(2)3)9-11(4)6-7-13/h6,8,12H,5,9H2,1-4H3.